The van der Waals surface area contributed by atoms with E-state index in [0.717, 1.165) is 22.7 Å². The molecule has 0 aliphatic heterocycles. The minimum Gasteiger partial charge on any atom is -0.257 e. The summed E-state index contributed by atoms with van der Waals surface area (Å²) in [6, 6.07) is 0. The largest absolute Gasteiger partial charge is 0.257 e. The van der Waals surface area contributed by atoms with Crippen LogP contribution in [0.4, 0.5) is 0 Å². The molecule has 0 aromatic heterocycles. The molecule has 0 spiro atoms. The quantitative estimate of drug-likeness (QED) is 0.291. The SMILES string of the molecule is C/C=C\CC(C)(C)C(C)=N/C(=C\C)C(C)=S. The van der Waals surface area contributed by atoms with E-state index in [2.05, 4.69) is 37.9 Å². The van der Waals surface area contributed by atoms with E-state index in [-0.39, 0.29) is 5.41 Å². The Labute approximate surface area is 105 Å². The molecule has 0 aliphatic rings. The second-order valence-electron chi connectivity index (χ2n) is 4.58. The normalized spacial score (nSPS) is 14.6. The lowest BCUT2D eigenvalue weighted by molar-refractivity contribution is 0.529. The molecule has 0 amide bonds. The predicted octanol–water partition coefficient (Wildman–Crippen LogP) is 4.73. The van der Waals surface area contributed by atoms with Gasteiger partial charge in [-0.25, -0.2) is 0 Å². The van der Waals surface area contributed by atoms with E-state index in [9.17, 15) is 0 Å². The van der Waals surface area contributed by atoms with Crippen LogP contribution in [0.5, 0.6) is 0 Å². The molecule has 2 heteroatoms. The van der Waals surface area contributed by atoms with E-state index in [0.29, 0.717) is 0 Å². The van der Waals surface area contributed by atoms with Crippen molar-refractivity contribution >= 4 is 22.8 Å². The van der Waals surface area contributed by atoms with E-state index >= 15 is 0 Å². The molecule has 0 aromatic rings. The van der Waals surface area contributed by atoms with Crippen molar-refractivity contribution in [2.24, 2.45) is 10.4 Å². The van der Waals surface area contributed by atoms with Gasteiger partial charge in [-0.15, -0.1) is 0 Å². The van der Waals surface area contributed by atoms with Crippen molar-refractivity contribution in [2.75, 3.05) is 0 Å². The average molecular weight is 237 g/mol. The van der Waals surface area contributed by atoms with Crippen molar-refractivity contribution in [3.8, 4) is 0 Å². The second kappa shape index (κ2) is 6.74. The highest BCUT2D eigenvalue weighted by molar-refractivity contribution is 7.80. The zero-order valence-corrected chi connectivity index (χ0v) is 12.1. The third-order valence-corrected chi connectivity index (χ3v) is 2.97. The minimum atomic E-state index is 0.0888. The zero-order chi connectivity index (χ0) is 12.8. The molecular weight excluding hydrogens is 214 g/mol. The number of allylic oxidation sites excluding steroid dienone is 4. The van der Waals surface area contributed by atoms with Crippen molar-refractivity contribution in [3.05, 3.63) is 23.9 Å². The van der Waals surface area contributed by atoms with Gasteiger partial charge in [-0.3, -0.25) is 4.99 Å². The molecule has 0 bridgehead atoms. The summed E-state index contributed by atoms with van der Waals surface area (Å²) >= 11 is 5.16. The van der Waals surface area contributed by atoms with Crippen LogP contribution in [-0.2, 0) is 0 Å². The summed E-state index contributed by atoms with van der Waals surface area (Å²) in [5.74, 6) is 0. The van der Waals surface area contributed by atoms with Gasteiger partial charge >= 0.3 is 0 Å². The fourth-order valence-corrected chi connectivity index (χ4v) is 1.40. The molecule has 0 aliphatic carbocycles. The van der Waals surface area contributed by atoms with Crippen molar-refractivity contribution in [1.82, 2.24) is 0 Å². The molecule has 90 valence electrons. The van der Waals surface area contributed by atoms with E-state index in [4.69, 9.17) is 12.2 Å². The molecule has 0 rings (SSSR count). The van der Waals surface area contributed by atoms with Crippen LogP contribution in [0.2, 0.25) is 0 Å². The van der Waals surface area contributed by atoms with E-state index < -0.39 is 0 Å². The van der Waals surface area contributed by atoms with Gasteiger partial charge in [0.2, 0.25) is 0 Å². The van der Waals surface area contributed by atoms with Crippen LogP contribution in [-0.4, -0.2) is 10.6 Å². The summed E-state index contributed by atoms with van der Waals surface area (Å²) in [5.41, 5.74) is 2.13. The van der Waals surface area contributed by atoms with E-state index in [1.54, 1.807) is 0 Å². The third-order valence-electron chi connectivity index (χ3n) is 2.77. The Balaban J connectivity index is 4.95. The van der Waals surface area contributed by atoms with Gasteiger partial charge in [-0.2, -0.15) is 0 Å². The van der Waals surface area contributed by atoms with Gasteiger partial charge in [0.1, 0.15) is 0 Å². The molecule has 0 unspecified atom stereocenters. The highest BCUT2D eigenvalue weighted by Crippen LogP contribution is 2.24. The number of hydrogen-bond donors (Lipinski definition) is 0. The van der Waals surface area contributed by atoms with Crippen LogP contribution in [0.3, 0.4) is 0 Å². The Morgan fingerprint density at radius 2 is 1.81 bits per heavy atom. The van der Waals surface area contributed by atoms with Crippen molar-refractivity contribution < 1.29 is 0 Å². The first-order chi connectivity index (χ1) is 7.35. The molecule has 0 radical (unpaired) electrons. The molecule has 16 heavy (non-hydrogen) atoms. The van der Waals surface area contributed by atoms with Crippen molar-refractivity contribution in [3.63, 3.8) is 0 Å². The fourth-order valence-electron chi connectivity index (χ4n) is 1.24. The number of aliphatic imine (C=N–C) groups is 1. The molecule has 0 fully saturated rings. The highest BCUT2D eigenvalue weighted by atomic mass is 32.1. The minimum absolute atomic E-state index is 0.0888. The summed E-state index contributed by atoms with van der Waals surface area (Å²) in [7, 11) is 0. The average Bonchev–Trinajstić information content (AvgIpc) is 2.22. The van der Waals surface area contributed by atoms with Crippen LogP contribution >= 0.6 is 12.2 Å². The smallest absolute Gasteiger partial charge is 0.0723 e. The first kappa shape index (κ1) is 15.2. The van der Waals surface area contributed by atoms with Gasteiger partial charge in [-0.1, -0.05) is 44.3 Å². The van der Waals surface area contributed by atoms with Crippen molar-refractivity contribution in [2.45, 2.75) is 48.0 Å². The molecule has 0 heterocycles. The van der Waals surface area contributed by atoms with Gasteiger partial charge < -0.3 is 0 Å². The number of thiocarbonyl (C=S) groups is 1. The van der Waals surface area contributed by atoms with Gasteiger partial charge in [0.05, 0.1) is 5.70 Å². The summed E-state index contributed by atoms with van der Waals surface area (Å²) in [6.07, 6.45) is 7.23. The maximum absolute atomic E-state index is 5.16. The molecular formula is C14H23NS. The topological polar surface area (TPSA) is 12.4 Å². The molecule has 1 nitrogen and oxygen atoms in total. The maximum atomic E-state index is 5.16. The fraction of sp³-hybridized carbons (Fsp3) is 0.571. The summed E-state index contributed by atoms with van der Waals surface area (Å²) in [6.45, 7) is 12.4. The van der Waals surface area contributed by atoms with Crippen LogP contribution in [0.1, 0.15) is 48.0 Å². The lowest BCUT2D eigenvalue weighted by Crippen LogP contribution is -2.21. The van der Waals surface area contributed by atoms with Crippen molar-refractivity contribution in [1.29, 1.82) is 0 Å². The Kier molecular flexibility index (Phi) is 6.42. The van der Waals surface area contributed by atoms with E-state index in [1.807, 2.05) is 26.8 Å². The van der Waals surface area contributed by atoms with Crippen LogP contribution in [0.15, 0.2) is 28.9 Å². The van der Waals surface area contributed by atoms with Gasteiger partial charge in [0.15, 0.2) is 0 Å². The molecule has 0 N–H and O–H groups in total. The standard InChI is InChI=1S/C14H23NS/c1-7-9-10-14(5,6)12(4)15-13(8-2)11(3)16/h7-9H,10H2,1-6H3/b9-7-,13-8-,15-12?. The number of nitrogens with zero attached hydrogens (tertiary/aromatic N) is 1. The predicted molar refractivity (Wildman–Crippen MR) is 78.4 cm³/mol. The van der Waals surface area contributed by atoms with Crippen LogP contribution < -0.4 is 0 Å². The van der Waals surface area contributed by atoms with Crippen LogP contribution in [0.25, 0.3) is 0 Å². The second-order valence-corrected chi connectivity index (χ2v) is 5.20. The molecule has 0 atom stereocenters. The monoisotopic (exact) mass is 237 g/mol. The van der Waals surface area contributed by atoms with Gasteiger partial charge in [0.25, 0.3) is 0 Å². The Morgan fingerprint density at radius 1 is 1.25 bits per heavy atom. The first-order valence-electron chi connectivity index (χ1n) is 5.69. The number of hydrogen-bond acceptors (Lipinski definition) is 2. The summed E-state index contributed by atoms with van der Waals surface area (Å²) < 4.78 is 0. The highest BCUT2D eigenvalue weighted by Gasteiger charge is 2.20. The van der Waals surface area contributed by atoms with Gasteiger partial charge in [-0.05, 0) is 34.1 Å². The Morgan fingerprint density at radius 3 is 2.19 bits per heavy atom. The van der Waals surface area contributed by atoms with E-state index in [1.165, 1.54) is 0 Å². The molecule has 0 saturated heterocycles. The summed E-state index contributed by atoms with van der Waals surface area (Å²) in [5, 5.41) is 0. The summed E-state index contributed by atoms with van der Waals surface area (Å²) in [4.78, 5) is 5.47. The number of rotatable bonds is 5. The maximum Gasteiger partial charge on any atom is 0.0723 e. The molecule has 0 aromatic carbocycles. The lowest BCUT2D eigenvalue weighted by Gasteiger charge is -2.23. The zero-order valence-electron chi connectivity index (χ0n) is 11.3. The Bertz CT molecular complexity index is 333. The molecule has 0 saturated carbocycles. The Hall–Kier alpha value is -0.760. The third kappa shape index (κ3) is 4.84. The van der Waals surface area contributed by atoms with Gasteiger partial charge in [0, 0.05) is 16.0 Å². The van der Waals surface area contributed by atoms with Crippen LogP contribution in [0, 0.1) is 5.41 Å². The lowest BCUT2D eigenvalue weighted by atomic mass is 9.84. The first-order valence-corrected chi connectivity index (χ1v) is 6.10.